The van der Waals surface area contributed by atoms with Gasteiger partial charge >= 0.3 is 24.3 Å². The highest BCUT2D eigenvalue weighted by Gasteiger charge is 2.39. The molecule has 10 nitrogen and oxygen atoms in total. The molecule has 0 spiro atoms. The van der Waals surface area contributed by atoms with Crippen LogP contribution in [-0.2, 0) is 38.8 Å². The topological polar surface area (TPSA) is 127 Å². The molecule has 2 aromatic heterocycles. The van der Waals surface area contributed by atoms with Crippen LogP contribution in [0.4, 0.5) is 26.3 Å². The summed E-state index contributed by atoms with van der Waals surface area (Å²) < 4.78 is 77.2. The van der Waals surface area contributed by atoms with E-state index >= 15 is 0 Å². The van der Waals surface area contributed by atoms with E-state index in [2.05, 4.69) is 25.7 Å². The number of carbonyl (C=O) groups is 2. The number of ether oxygens (including phenoxy) is 2. The third-order valence-electron chi connectivity index (χ3n) is 5.35. The van der Waals surface area contributed by atoms with E-state index in [9.17, 15) is 26.3 Å². The molecule has 1 saturated heterocycles. The Labute approximate surface area is 212 Å². The zero-order chi connectivity index (χ0) is 28.3. The fourth-order valence-electron chi connectivity index (χ4n) is 3.59. The molecule has 0 radical (unpaired) electrons. The highest BCUT2D eigenvalue weighted by molar-refractivity contribution is 5.73. The van der Waals surface area contributed by atoms with Crippen LogP contribution in [0.15, 0.2) is 36.8 Å². The van der Waals surface area contributed by atoms with Gasteiger partial charge in [-0.2, -0.15) is 31.4 Å². The Bertz CT molecular complexity index is 988. The molecule has 2 aliphatic rings. The van der Waals surface area contributed by atoms with E-state index in [0.29, 0.717) is 18.6 Å². The first-order valence-electron chi connectivity index (χ1n) is 11.2. The summed E-state index contributed by atoms with van der Waals surface area (Å²) >= 11 is 0. The van der Waals surface area contributed by atoms with Gasteiger partial charge in [0.2, 0.25) is 0 Å². The van der Waals surface area contributed by atoms with Crippen LogP contribution in [0.5, 0.6) is 0 Å². The molecule has 0 aromatic carbocycles. The lowest BCUT2D eigenvalue weighted by atomic mass is 10.1. The number of pyridine rings is 1. The number of fused-ring (bicyclic) bond motifs is 1. The molecular formula is C22H26F6N4O6. The highest BCUT2D eigenvalue weighted by Crippen LogP contribution is 2.22. The van der Waals surface area contributed by atoms with Gasteiger partial charge in [0.05, 0.1) is 25.5 Å². The highest BCUT2D eigenvalue weighted by atomic mass is 19.4. The van der Waals surface area contributed by atoms with Crippen molar-refractivity contribution < 1.29 is 55.6 Å². The summed E-state index contributed by atoms with van der Waals surface area (Å²) in [5.74, 6) is -5.08. The lowest BCUT2D eigenvalue weighted by molar-refractivity contribution is -0.193. The molecule has 0 amide bonds. The van der Waals surface area contributed by atoms with Crippen LogP contribution in [-0.4, -0.2) is 86.6 Å². The van der Waals surface area contributed by atoms with E-state index in [1.54, 1.807) is 6.20 Å². The van der Waals surface area contributed by atoms with Crippen molar-refractivity contribution in [3.05, 3.63) is 48.0 Å². The van der Waals surface area contributed by atoms with Crippen molar-refractivity contribution in [2.24, 2.45) is 5.92 Å². The molecule has 212 valence electrons. The number of aromatic nitrogens is 3. The van der Waals surface area contributed by atoms with Crippen LogP contribution < -0.4 is 0 Å². The van der Waals surface area contributed by atoms with Crippen LogP contribution in [0.2, 0.25) is 0 Å². The minimum Gasteiger partial charge on any atom is -0.475 e. The number of hydrogen-bond donors (Lipinski definition) is 2. The van der Waals surface area contributed by atoms with Gasteiger partial charge < -0.3 is 19.7 Å². The van der Waals surface area contributed by atoms with Crippen molar-refractivity contribution in [1.82, 2.24) is 19.7 Å². The van der Waals surface area contributed by atoms with Crippen LogP contribution in [0, 0.1) is 5.92 Å². The minimum absolute atomic E-state index is 0.434. The van der Waals surface area contributed by atoms with Gasteiger partial charge in [0, 0.05) is 56.8 Å². The zero-order valence-corrected chi connectivity index (χ0v) is 19.9. The summed E-state index contributed by atoms with van der Waals surface area (Å²) in [6, 6.07) is 6.64. The predicted octanol–water partition coefficient (Wildman–Crippen LogP) is 2.98. The van der Waals surface area contributed by atoms with Crippen LogP contribution >= 0.6 is 0 Å². The Morgan fingerprint density at radius 3 is 2.24 bits per heavy atom. The molecule has 2 N–H and O–H groups in total. The Kier molecular flexibility index (Phi) is 11.5. The molecule has 4 heterocycles. The Morgan fingerprint density at radius 1 is 1.05 bits per heavy atom. The average molecular weight is 556 g/mol. The van der Waals surface area contributed by atoms with E-state index in [-0.39, 0.29) is 0 Å². The van der Waals surface area contributed by atoms with Crippen LogP contribution in [0.3, 0.4) is 0 Å². The van der Waals surface area contributed by atoms with E-state index in [4.69, 9.17) is 29.3 Å². The standard InChI is InChI=1S/C18H24N4O2.2C2HF3O2/c1-2-15(8-19-5-1)12-24-13-16-9-21(18-4-7-23-14-18)11-17-3-6-20-22(17)10-16;2*3-2(4,5)1(6)7/h1-3,5-6,8,16,18H,4,7,9-14H2;2*(H,6,7). The smallest absolute Gasteiger partial charge is 0.475 e. The van der Waals surface area contributed by atoms with Gasteiger partial charge in [-0.05, 0) is 24.1 Å². The first kappa shape index (κ1) is 31.0. The normalized spacial score (nSPS) is 19.7. The molecule has 1 fully saturated rings. The molecular weight excluding hydrogens is 530 g/mol. The number of alkyl halides is 6. The van der Waals surface area contributed by atoms with Gasteiger partial charge in [-0.3, -0.25) is 14.6 Å². The third kappa shape index (κ3) is 10.6. The van der Waals surface area contributed by atoms with Crippen molar-refractivity contribution >= 4 is 11.9 Å². The molecule has 2 aromatic rings. The van der Waals surface area contributed by atoms with E-state index in [1.165, 1.54) is 5.69 Å². The second kappa shape index (κ2) is 14.1. The van der Waals surface area contributed by atoms with Gasteiger partial charge in [0.25, 0.3) is 0 Å². The van der Waals surface area contributed by atoms with Crippen molar-refractivity contribution in [3.63, 3.8) is 0 Å². The molecule has 38 heavy (non-hydrogen) atoms. The number of nitrogens with zero attached hydrogens (tertiary/aromatic N) is 4. The predicted molar refractivity (Wildman–Crippen MR) is 117 cm³/mol. The quantitative estimate of drug-likeness (QED) is 0.535. The summed E-state index contributed by atoms with van der Waals surface area (Å²) in [6.07, 6.45) is -3.49. The summed E-state index contributed by atoms with van der Waals surface area (Å²) in [5, 5.41) is 18.7. The van der Waals surface area contributed by atoms with Gasteiger partial charge in [-0.25, -0.2) is 9.59 Å². The molecule has 0 aliphatic carbocycles. The summed E-state index contributed by atoms with van der Waals surface area (Å²) in [6.45, 7) is 5.97. The van der Waals surface area contributed by atoms with Crippen molar-refractivity contribution in [3.8, 4) is 0 Å². The molecule has 2 aliphatic heterocycles. The minimum atomic E-state index is -5.08. The van der Waals surface area contributed by atoms with Crippen molar-refractivity contribution in [2.75, 3.05) is 26.4 Å². The van der Waals surface area contributed by atoms with Gasteiger partial charge in [0.1, 0.15) is 0 Å². The largest absolute Gasteiger partial charge is 0.490 e. The lowest BCUT2D eigenvalue weighted by Gasteiger charge is -2.28. The van der Waals surface area contributed by atoms with Crippen molar-refractivity contribution in [2.45, 2.75) is 44.5 Å². The van der Waals surface area contributed by atoms with Crippen LogP contribution in [0.25, 0.3) is 0 Å². The summed E-state index contributed by atoms with van der Waals surface area (Å²) in [5.41, 5.74) is 2.41. The number of halogens is 6. The van der Waals surface area contributed by atoms with Crippen LogP contribution in [0.1, 0.15) is 17.7 Å². The number of aliphatic carboxylic acids is 2. The Morgan fingerprint density at radius 2 is 1.71 bits per heavy atom. The maximum atomic E-state index is 10.6. The van der Waals surface area contributed by atoms with E-state index in [0.717, 1.165) is 51.4 Å². The molecule has 0 bridgehead atoms. The fraction of sp³-hybridized carbons (Fsp3) is 0.545. The third-order valence-corrected chi connectivity index (χ3v) is 5.35. The maximum absolute atomic E-state index is 10.6. The monoisotopic (exact) mass is 556 g/mol. The second-order valence-corrected chi connectivity index (χ2v) is 8.30. The molecule has 2 atom stereocenters. The average Bonchev–Trinajstić information content (AvgIpc) is 3.49. The zero-order valence-electron chi connectivity index (χ0n) is 19.9. The Hall–Kier alpha value is -3.24. The molecule has 2 unspecified atom stereocenters. The molecule has 16 heteroatoms. The summed E-state index contributed by atoms with van der Waals surface area (Å²) in [7, 11) is 0. The molecule has 4 rings (SSSR count). The Balaban J connectivity index is 0.000000301. The number of carboxylic acid groups (broad SMARTS) is 2. The number of carboxylic acids is 2. The van der Waals surface area contributed by atoms with E-state index in [1.807, 2.05) is 24.5 Å². The van der Waals surface area contributed by atoms with Gasteiger partial charge in [-0.1, -0.05) is 6.07 Å². The number of rotatable bonds is 5. The number of hydrogen-bond acceptors (Lipinski definition) is 7. The molecule has 0 saturated carbocycles. The maximum Gasteiger partial charge on any atom is 0.490 e. The van der Waals surface area contributed by atoms with Crippen molar-refractivity contribution in [1.29, 1.82) is 0 Å². The van der Waals surface area contributed by atoms with Gasteiger partial charge in [-0.15, -0.1) is 0 Å². The first-order chi connectivity index (χ1) is 17.8. The SMILES string of the molecule is O=C(O)C(F)(F)F.O=C(O)C(F)(F)F.c1cncc(COCC2CN(C3CCOC3)Cc3ccnn3C2)c1. The fourth-order valence-corrected chi connectivity index (χ4v) is 3.59. The van der Waals surface area contributed by atoms with Gasteiger partial charge in [0.15, 0.2) is 0 Å². The van der Waals surface area contributed by atoms with E-state index < -0.39 is 24.3 Å². The lowest BCUT2D eigenvalue weighted by Crippen LogP contribution is -2.38. The first-order valence-corrected chi connectivity index (χ1v) is 11.2. The summed E-state index contributed by atoms with van der Waals surface area (Å²) in [4.78, 5) is 24.5. The second-order valence-electron chi connectivity index (χ2n) is 8.30.